The van der Waals surface area contributed by atoms with E-state index in [0.717, 1.165) is 47.2 Å². The SMILES string of the molecule is CC(C)Oc1cc2c(O[C@@H]3CC[C@H]4CC(=O)N[C@H]43)nccc2cc1C(N)=O.CON1C(=O)C[C@@H]2CC[C@@H](Oc3nccc4cc(C(N)=O)c(OC(C)C)cc34)[C@@H]21. The molecule has 0 spiro atoms. The summed E-state index contributed by atoms with van der Waals surface area (Å²) in [6, 6.07) is 10.4. The van der Waals surface area contributed by atoms with Gasteiger partial charge in [-0.25, -0.2) is 15.0 Å². The first-order chi connectivity index (χ1) is 26.8. The van der Waals surface area contributed by atoms with E-state index >= 15 is 0 Å². The number of nitrogens with one attached hydrogen (secondary N) is 1. The normalized spacial score (nSPS) is 23.9. The molecular weight excluding hydrogens is 720 g/mol. The molecule has 4 aromatic rings. The number of pyridine rings is 2. The highest BCUT2D eigenvalue weighted by Gasteiger charge is 2.50. The van der Waals surface area contributed by atoms with Gasteiger partial charge in [-0.3, -0.25) is 24.0 Å². The summed E-state index contributed by atoms with van der Waals surface area (Å²) in [5.41, 5.74) is 11.7. The topological polar surface area (TPSA) is 208 Å². The maximum atomic E-state index is 12.1. The summed E-state index contributed by atoms with van der Waals surface area (Å²) in [5, 5.41) is 7.52. The van der Waals surface area contributed by atoms with Crippen LogP contribution < -0.4 is 35.7 Å². The first kappa shape index (κ1) is 38.6. The van der Waals surface area contributed by atoms with Gasteiger partial charge in [0.05, 0.1) is 42.5 Å². The minimum atomic E-state index is -0.555. The van der Waals surface area contributed by atoms with Crippen LogP contribution in [-0.4, -0.2) is 82.3 Å². The molecule has 4 amide bonds. The fourth-order valence-corrected chi connectivity index (χ4v) is 8.43. The molecule has 296 valence electrons. The molecule has 2 aromatic carbocycles. The summed E-state index contributed by atoms with van der Waals surface area (Å²) in [5.74, 6) is 1.26. The van der Waals surface area contributed by atoms with Crippen molar-refractivity contribution in [2.75, 3.05) is 7.11 Å². The Labute approximate surface area is 324 Å². The van der Waals surface area contributed by atoms with Gasteiger partial charge in [0.1, 0.15) is 23.7 Å². The molecule has 2 aliphatic heterocycles. The number of aromatic nitrogens is 2. The van der Waals surface area contributed by atoms with Gasteiger partial charge in [0.25, 0.3) is 11.8 Å². The van der Waals surface area contributed by atoms with Crippen molar-refractivity contribution in [3.63, 3.8) is 0 Å². The predicted octanol–water partition coefficient (Wildman–Crippen LogP) is 4.61. The third kappa shape index (κ3) is 7.72. The molecule has 5 N–H and O–H groups in total. The highest BCUT2D eigenvalue weighted by molar-refractivity contribution is 6.02. The second kappa shape index (κ2) is 15.8. The van der Waals surface area contributed by atoms with Crippen LogP contribution >= 0.6 is 0 Å². The number of rotatable bonds is 11. The van der Waals surface area contributed by atoms with Crippen molar-refractivity contribution >= 4 is 45.2 Å². The standard InChI is InChI=1S/C21H25N3O5.C20H23N3O4/c1-11(2)28-17-10-14-12(8-15(17)20(22)26)6-7-23-21(14)29-16-5-4-13-9-18(25)24(27-3)19(13)16;1-10(2)26-16-9-13-11(7-14(16)19(21)25)5-6-22-20(13)27-15-4-3-12-8-17(24)23-18(12)15/h6-8,10-11,13,16,19H,4-5,9H2,1-3H3,(H2,22,26);5-7,9-10,12,15,18H,3-4,8H2,1-2H3,(H2,21,25)(H,23,24)/t13-,16+,19+;12-,15+,18+/m00/s1. The van der Waals surface area contributed by atoms with Crippen molar-refractivity contribution in [1.82, 2.24) is 20.3 Å². The number of hydrogen-bond donors (Lipinski definition) is 3. The van der Waals surface area contributed by atoms with Gasteiger partial charge in [0.2, 0.25) is 23.6 Å². The molecule has 4 fully saturated rings. The number of carbonyl (C=O) groups is 4. The number of hydrogen-bond acceptors (Lipinski definition) is 11. The molecule has 4 heterocycles. The minimum absolute atomic E-state index is 0.0135. The molecule has 2 aliphatic carbocycles. The Morgan fingerprint density at radius 1 is 0.750 bits per heavy atom. The van der Waals surface area contributed by atoms with E-state index in [1.165, 1.54) is 12.2 Å². The molecule has 2 saturated heterocycles. The number of amides is 4. The van der Waals surface area contributed by atoms with Gasteiger partial charge >= 0.3 is 0 Å². The first-order valence-electron chi connectivity index (χ1n) is 19.1. The third-order valence-electron chi connectivity index (χ3n) is 10.8. The fraction of sp³-hybridized carbons (Fsp3) is 0.463. The molecule has 0 bridgehead atoms. The van der Waals surface area contributed by atoms with Crippen molar-refractivity contribution in [3.05, 3.63) is 59.9 Å². The fourth-order valence-electron chi connectivity index (χ4n) is 8.43. The molecular formula is C41H48N6O9. The Morgan fingerprint density at radius 2 is 1.27 bits per heavy atom. The predicted molar refractivity (Wildman–Crippen MR) is 205 cm³/mol. The Bertz CT molecular complexity index is 2180. The summed E-state index contributed by atoms with van der Waals surface area (Å²) in [7, 11) is 1.51. The zero-order valence-electron chi connectivity index (χ0n) is 32.2. The van der Waals surface area contributed by atoms with E-state index in [1.807, 2.05) is 33.8 Å². The van der Waals surface area contributed by atoms with Crippen LogP contribution in [0.2, 0.25) is 0 Å². The average molecular weight is 769 g/mol. The number of ether oxygens (including phenoxy) is 4. The average Bonchev–Trinajstić information content (AvgIpc) is 3.89. The summed E-state index contributed by atoms with van der Waals surface area (Å²) in [6.07, 6.45) is 7.34. The Hall–Kier alpha value is -5.70. The van der Waals surface area contributed by atoms with Crippen LogP contribution in [0.15, 0.2) is 48.8 Å². The van der Waals surface area contributed by atoms with Crippen LogP contribution in [0, 0.1) is 11.8 Å². The molecule has 15 nitrogen and oxygen atoms in total. The number of nitrogens with two attached hydrogens (primary N) is 2. The van der Waals surface area contributed by atoms with Gasteiger partial charge in [-0.05, 0) is 112 Å². The second-order valence-corrected chi connectivity index (χ2v) is 15.3. The quantitative estimate of drug-likeness (QED) is 0.192. The molecule has 0 unspecified atom stereocenters. The molecule has 4 aliphatic rings. The third-order valence-corrected chi connectivity index (χ3v) is 10.8. The Kier molecular flexibility index (Phi) is 10.9. The van der Waals surface area contributed by atoms with Crippen LogP contribution in [0.25, 0.3) is 21.5 Å². The number of primary amides is 2. The van der Waals surface area contributed by atoms with Crippen molar-refractivity contribution in [3.8, 4) is 23.3 Å². The summed E-state index contributed by atoms with van der Waals surface area (Å²) in [4.78, 5) is 61.6. The number of nitrogens with zero attached hydrogens (tertiary/aromatic N) is 3. The molecule has 15 heteroatoms. The highest BCUT2D eigenvalue weighted by atomic mass is 16.7. The summed E-state index contributed by atoms with van der Waals surface area (Å²) < 4.78 is 24.1. The van der Waals surface area contributed by atoms with E-state index in [0.29, 0.717) is 53.1 Å². The van der Waals surface area contributed by atoms with Crippen molar-refractivity contribution in [1.29, 1.82) is 0 Å². The number of benzene rings is 2. The van der Waals surface area contributed by atoms with Gasteiger partial charge in [0.15, 0.2) is 0 Å². The van der Waals surface area contributed by atoms with Crippen LogP contribution in [0.3, 0.4) is 0 Å². The van der Waals surface area contributed by atoms with Gasteiger partial charge in [-0.2, -0.15) is 0 Å². The Morgan fingerprint density at radius 3 is 1.79 bits per heavy atom. The van der Waals surface area contributed by atoms with E-state index < -0.39 is 11.8 Å². The van der Waals surface area contributed by atoms with Gasteiger partial charge in [-0.1, -0.05) is 0 Å². The molecule has 0 radical (unpaired) electrons. The zero-order chi connectivity index (χ0) is 39.8. The van der Waals surface area contributed by atoms with E-state index in [-0.39, 0.29) is 54.2 Å². The smallest absolute Gasteiger partial charge is 0.252 e. The van der Waals surface area contributed by atoms with E-state index in [9.17, 15) is 19.2 Å². The van der Waals surface area contributed by atoms with Crippen LogP contribution in [0.1, 0.15) is 86.9 Å². The lowest BCUT2D eigenvalue weighted by atomic mass is 10.0. The number of hydroxylamine groups is 2. The van der Waals surface area contributed by atoms with Gasteiger partial charge in [0, 0.05) is 36.0 Å². The van der Waals surface area contributed by atoms with Crippen LogP contribution in [0.4, 0.5) is 0 Å². The zero-order valence-corrected chi connectivity index (χ0v) is 32.2. The lowest BCUT2D eigenvalue weighted by molar-refractivity contribution is -0.184. The molecule has 8 rings (SSSR count). The minimum Gasteiger partial charge on any atom is -0.490 e. The largest absolute Gasteiger partial charge is 0.490 e. The van der Waals surface area contributed by atoms with Crippen molar-refractivity contribution in [2.24, 2.45) is 23.3 Å². The highest BCUT2D eigenvalue weighted by Crippen LogP contribution is 2.42. The second-order valence-electron chi connectivity index (χ2n) is 15.3. The van der Waals surface area contributed by atoms with Crippen LogP contribution in [-0.2, 0) is 14.4 Å². The first-order valence-corrected chi connectivity index (χ1v) is 19.1. The number of fused-ring (bicyclic) bond motifs is 4. The van der Waals surface area contributed by atoms with Gasteiger partial charge in [-0.15, -0.1) is 0 Å². The molecule has 2 saturated carbocycles. The monoisotopic (exact) mass is 768 g/mol. The summed E-state index contributed by atoms with van der Waals surface area (Å²) in [6.45, 7) is 7.53. The summed E-state index contributed by atoms with van der Waals surface area (Å²) >= 11 is 0. The number of carbonyl (C=O) groups excluding carboxylic acids is 4. The van der Waals surface area contributed by atoms with Crippen molar-refractivity contribution in [2.45, 2.75) is 103 Å². The molecule has 56 heavy (non-hydrogen) atoms. The lowest BCUT2D eigenvalue weighted by Crippen LogP contribution is -2.42. The Balaban J connectivity index is 0.000000172. The van der Waals surface area contributed by atoms with E-state index in [2.05, 4.69) is 15.3 Å². The van der Waals surface area contributed by atoms with E-state index in [4.69, 9.17) is 35.3 Å². The maximum absolute atomic E-state index is 12.1. The van der Waals surface area contributed by atoms with E-state index in [1.54, 1.807) is 42.7 Å². The van der Waals surface area contributed by atoms with Gasteiger partial charge < -0.3 is 35.7 Å². The van der Waals surface area contributed by atoms with Crippen LogP contribution in [0.5, 0.6) is 23.3 Å². The lowest BCUT2D eigenvalue weighted by Gasteiger charge is -2.27. The maximum Gasteiger partial charge on any atom is 0.252 e. The van der Waals surface area contributed by atoms with Crippen molar-refractivity contribution < 1.29 is 43.0 Å². The molecule has 2 aromatic heterocycles. The molecule has 6 atom stereocenters.